The lowest BCUT2D eigenvalue weighted by atomic mass is 10.1. The zero-order valence-electron chi connectivity index (χ0n) is 11.8. The van der Waals surface area contributed by atoms with Crippen LogP contribution in [0.5, 0.6) is 0 Å². The highest BCUT2D eigenvalue weighted by molar-refractivity contribution is 5.34. The van der Waals surface area contributed by atoms with E-state index < -0.39 is 0 Å². The molecule has 0 N–H and O–H groups in total. The Bertz CT molecular complexity index is 556. The van der Waals surface area contributed by atoms with E-state index >= 15 is 0 Å². The third kappa shape index (κ3) is 1.72. The molecule has 0 spiro atoms. The second kappa shape index (κ2) is 4.10. The van der Waals surface area contributed by atoms with Crippen LogP contribution in [0.2, 0.25) is 0 Å². The lowest BCUT2D eigenvalue weighted by Crippen LogP contribution is -2.10. The van der Waals surface area contributed by atoms with Gasteiger partial charge in [0.15, 0.2) is 0 Å². The predicted molar refractivity (Wildman–Crippen MR) is 72.7 cm³/mol. The van der Waals surface area contributed by atoms with E-state index in [0.717, 1.165) is 6.42 Å². The van der Waals surface area contributed by atoms with E-state index in [1.165, 1.54) is 33.6 Å². The lowest BCUT2D eigenvalue weighted by Gasteiger charge is -2.11. The summed E-state index contributed by atoms with van der Waals surface area (Å²) in [6.07, 6.45) is 5.56. The van der Waals surface area contributed by atoms with Crippen LogP contribution in [0.4, 0.5) is 0 Å². The summed E-state index contributed by atoms with van der Waals surface area (Å²) in [7, 11) is 0. The van der Waals surface area contributed by atoms with Crippen molar-refractivity contribution in [2.75, 3.05) is 0 Å². The van der Waals surface area contributed by atoms with Crippen molar-refractivity contribution in [3.05, 3.63) is 46.0 Å². The van der Waals surface area contributed by atoms with Crippen molar-refractivity contribution < 1.29 is 0 Å². The molecule has 0 unspecified atom stereocenters. The molecule has 0 saturated carbocycles. The summed E-state index contributed by atoms with van der Waals surface area (Å²) < 4.78 is 4.52. The molecular weight excluding hydrogens is 208 g/mol. The Morgan fingerprint density at radius 1 is 0.824 bits per heavy atom. The molecule has 0 fully saturated rings. The Labute approximate surface area is 104 Å². The van der Waals surface area contributed by atoms with Gasteiger partial charge >= 0.3 is 0 Å². The Hall–Kier alpha value is -1.44. The fraction of sp³-hybridized carbons (Fsp3) is 0.467. The first kappa shape index (κ1) is 12.0. The SMILES string of the molecule is CCc1c(C)cn(-n2cc(C)c(C)c2C)c1C. The molecule has 0 aliphatic carbocycles. The van der Waals surface area contributed by atoms with Crippen LogP contribution in [0.1, 0.15) is 40.6 Å². The molecule has 0 bridgehead atoms. The molecule has 0 aliphatic rings. The van der Waals surface area contributed by atoms with Crippen molar-refractivity contribution in [2.45, 2.75) is 48.0 Å². The number of aryl methyl sites for hydroxylation is 2. The second-order valence-corrected chi connectivity index (χ2v) is 4.94. The molecule has 2 nitrogen and oxygen atoms in total. The molecule has 0 aromatic carbocycles. The highest BCUT2D eigenvalue weighted by Gasteiger charge is 2.12. The minimum absolute atomic E-state index is 1.10. The van der Waals surface area contributed by atoms with Gasteiger partial charge in [0.05, 0.1) is 0 Å². The normalized spacial score (nSPS) is 11.2. The Balaban J connectivity index is 2.65. The van der Waals surface area contributed by atoms with Gasteiger partial charge in [0.2, 0.25) is 0 Å². The molecular formula is C15H22N2. The van der Waals surface area contributed by atoms with Gasteiger partial charge in [0.25, 0.3) is 0 Å². The van der Waals surface area contributed by atoms with Crippen molar-refractivity contribution in [2.24, 2.45) is 0 Å². The second-order valence-electron chi connectivity index (χ2n) is 4.94. The topological polar surface area (TPSA) is 9.86 Å². The van der Waals surface area contributed by atoms with Crippen molar-refractivity contribution in [1.82, 2.24) is 9.35 Å². The van der Waals surface area contributed by atoms with E-state index in [4.69, 9.17) is 0 Å². The number of rotatable bonds is 2. The predicted octanol–water partition coefficient (Wildman–Crippen LogP) is 3.71. The monoisotopic (exact) mass is 230 g/mol. The maximum Gasteiger partial charge on any atom is 0.0407 e. The molecule has 0 atom stereocenters. The molecule has 92 valence electrons. The van der Waals surface area contributed by atoms with Gasteiger partial charge in [-0.2, -0.15) is 0 Å². The third-order valence-electron chi connectivity index (χ3n) is 3.95. The number of hydrogen-bond acceptors (Lipinski definition) is 0. The zero-order valence-corrected chi connectivity index (χ0v) is 11.8. The van der Waals surface area contributed by atoms with E-state index in [0.29, 0.717) is 0 Å². The summed E-state index contributed by atoms with van der Waals surface area (Å²) in [6, 6.07) is 0. The summed E-state index contributed by atoms with van der Waals surface area (Å²) >= 11 is 0. The largest absolute Gasteiger partial charge is 0.261 e. The first-order valence-electron chi connectivity index (χ1n) is 6.30. The van der Waals surface area contributed by atoms with Crippen LogP contribution < -0.4 is 0 Å². The zero-order chi connectivity index (χ0) is 12.7. The summed E-state index contributed by atoms with van der Waals surface area (Å²) in [5.41, 5.74) is 8.26. The molecule has 2 rings (SSSR count). The van der Waals surface area contributed by atoms with Gasteiger partial charge < -0.3 is 0 Å². The average Bonchev–Trinajstić information content (AvgIpc) is 2.71. The van der Waals surface area contributed by atoms with Gasteiger partial charge in [-0.05, 0) is 63.3 Å². The maximum absolute atomic E-state index is 2.27. The summed E-state index contributed by atoms with van der Waals surface area (Å²) in [6.45, 7) is 13.2. The molecule has 2 heteroatoms. The smallest absolute Gasteiger partial charge is 0.0407 e. The van der Waals surface area contributed by atoms with Gasteiger partial charge in [-0.3, -0.25) is 9.35 Å². The molecule has 0 radical (unpaired) electrons. The van der Waals surface area contributed by atoms with Gasteiger partial charge in [-0.1, -0.05) is 6.92 Å². The van der Waals surface area contributed by atoms with Crippen LogP contribution in [0, 0.1) is 34.6 Å². The summed E-state index contributed by atoms with van der Waals surface area (Å²) in [4.78, 5) is 0. The Morgan fingerprint density at radius 2 is 1.35 bits per heavy atom. The molecule has 0 saturated heterocycles. The van der Waals surface area contributed by atoms with Gasteiger partial charge in [0, 0.05) is 23.8 Å². The highest BCUT2D eigenvalue weighted by Crippen LogP contribution is 2.21. The van der Waals surface area contributed by atoms with E-state index in [-0.39, 0.29) is 0 Å². The summed E-state index contributed by atoms with van der Waals surface area (Å²) in [5.74, 6) is 0. The first-order chi connectivity index (χ1) is 7.97. The first-order valence-corrected chi connectivity index (χ1v) is 6.30. The highest BCUT2D eigenvalue weighted by atomic mass is 15.5. The minimum atomic E-state index is 1.10. The number of hydrogen-bond donors (Lipinski definition) is 0. The van der Waals surface area contributed by atoms with Gasteiger partial charge in [0.1, 0.15) is 0 Å². The van der Waals surface area contributed by atoms with Crippen LogP contribution in [0.25, 0.3) is 0 Å². The third-order valence-corrected chi connectivity index (χ3v) is 3.95. The quantitative estimate of drug-likeness (QED) is 0.744. The molecule has 2 heterocycles. The van der Waals surface area contributed by atoms with Crippen molar-refractivity contribution in [1.29, 1.82) is 0 Å². The van der Waals surface area contributed by atoms with Crippen LogP contribution in [-0.2, 0) is 6.42 Å². The Kier molecular flexibility index (Phi) is 2.90. The Morgan fingerprint density at radius 3 is 1.76 bits per heavy atom. The van der Waals surface area contributed by atoms with Gasteiger partial charge in [-0.25, -0.2) is 0 Å². The standard InChI is InChI=1S/C15H22N2/c1-7-15-11(3)9-17(14(15)6)16-8-10(2)12(4)13(16)5/h8-9H,7H2,1-6H3. The van der Waals surface area contributed by atoms with Crippen LogP contribution in [-0.4, -0.2) is 9.35 Å². The number of nitrogens with zero attached hydrogens (tertiary/aromatic N) is 2. The van der Waals surface area contributed by atoms with E-state index in [1.54, 1.807) is 0 Å². The van der Waals surface area contributed by atoms with Crippen molar-refractivity contribution in [3.63, 3.8) is 0 Å². The average molecular weight is 230 g/mol. The van der Waals surface area contributed by atoms with E-state index in [9.17, 15) is 0 Å². The van der Waals surface area contributed by atoms with Crippen LogP contribution >= 0.6 is 0 Å². The molecule has 17 heavy (non-hydrogen) atoms. The molecule has 2 aromatic rings. The maximum atomic E-state index is 2.27. The summed E-state index contributed by atoms with van der Waals surface area (Å²) in [5, 5.41) is 0. The van der Waals surface area contributed by atoms with E-state index in [1.807, 2.05) is 0 Å². The molecule has 2 aromatic heterocycles. The lowest BCUT2D eigenvalue weighted by molar-refractivity contribution is 0.624. The number of aromatic nitrogens is 2. The van der Waals surface area contributed by atoms with Crippen molar-refractivity contribution in [3.8, 4) is 0 Å². The fourth-order valence-electron chi connectivity index (χ4n) is 2.60. The molecule has 0 amide bonds. The minimum Gasteiger partial charge on any atom is -0.261 e. The van der Waals surface area contributed by atoms with Crippen LogP contribution in [0.3, 0.4) is 0 Å². The fourth-order valence-corrected chi connectivity index (χ4v) is 2.60. The molecule has 0 aliphatic heterocycles. The van der Waals surface area contributed by atoms with E-state index in [2.05, 4.69) is 63.3 Å². The van der Waals surface area contributed by atoms with Crippen LogP contribution in [0.15, 0.2) is 12.4 Å². The van der Waals surface area contributed by atoms with Crippen molar-refractivity contribution >= 4 is 0 Å². The van der Waals surface area contributed by atoms with Gasteiger partial charge in [-0.15, -0.1) is 0 Å².